The van der Waals surface area contributed by atoms with Crippen LogP contribution in [0, 0.1) is 5.92 Å². The first-order valence-corrected chi connectivity index (χ1v) is 5.04. The van der Waals surface area contributed by atoms with Crippen molar-refractivity contribution in [2.24, 2.45) is 5.92 Å². The number of likely N-dealkylation sites (tertiary alicyclic amines) is 1. The van der Waals surface area contributed by atoms with Crippen molar-refractivity contribution in [2.45, 2.75) is 6.42 Å². The molecule has 3 heteroatoms. The molecule has 1 aliphatic rings. The van der Waals surface area contributed by atoms with Crippen molar-refractivity contribution < 1.29 is 9.59 Å². The minimum Gasteiger partial charge on any atom is -0.345 e. The third-order valence-corrected chi connectivity index (χ3v) is 2.80. The Bertz CT molecular complexity index is 386. The third-order valence-electron chi connectivity index (χ3n) is 2.80. The zero-order valence-electron chi connectivity index (χ0n) is 8.64. The van der Waals surface area contributed by atoms with Gasteiger partial charge in [-0.3, -0.25) is 9.59 Å². The number of amides is 1. The summed E-state index contributed by atoms with van der Waals surface area (Å²) in [7, 11) is 1.74. The molecule has 1 amide bonds. The van der Waals surface area contributed by atoms with Crippen LogP contribution in [0.1, 0.15) is 16.8 Å². The van der Waals surface area contributed by atoms with E-state index in [1.54, 1.807) is 24.1 Å². The van der Waals surface area contributed by atoms with Gasteiger partial charge in [0.2, 0.25) is 5.91 Å². The first kappa shape index (κ1) is 9.90. The SMILES string of the molecule is CN1CC[C@@H](C(=O)c2ccccc2)C1=O. The fourth-order valence-electron chi connectivity index (χ4n) is 1.87. The Morgan fingerprint density at radius 1 is 1.33 bits per heavy atom. The lowest BCUT2D eigenvalue weighted by molar-refractivity contribution is -0.128. The topological polar surface area (TPSA) is 37.4 Å². The first-order chi connectivity index (χ1) is 7.20. The molecule has 1 aromatic carbocycles. The van der Waals surface area contributed by atoms with Crippen molar-refractivity contribution >= 4 is 11.7 Å². The average molecular weight is 203 g/mol. The van der Waals surface area contributed by atoms with Gasteiger partial charge in [0.1, 0.15) is 5.92 Å². The summed E-state index contributed by atoms with van der Waals surface area (Å²) in [6.07, 6.45) is 0.642. The number of nitrogens with zero attached hydrogens (tertiary/aromatic N) is 1. The molecule has 0 bridgehead atoms. The summed E-state index contributed by atoms with van der Waals surface area (Å²) < 4.78 is 0. The molecule has 0 unspecified atom stereocenters. The summed E-state index contributed by atoms with van der Waals surface area (Å²) in [4.78, 5) is 25.2. The number of carbonyl (C=O) groups is 2. The molecule has 1 fully saturated rings. The number of benzene rings is 1. The molecule has 1 saturated heterocycles. The molecule has 2 rings (SSSR count). The van der Waals surface area contributed by atoms with Crippen LogP contribution < -0.4 is 0 Å². The van der Waals surface area contributed by atoms with Crippen molar-refractivity contribution in [2.75, 3.05) is 13.6 Å². The second kappa shape index (κ2) is 3.85. The van der Waals surface area contributed by atoms with E-state index in [9.17, 15) is 9.59 Å². The van der Waals surface area contributed by atoms with Crippen LogP contribution in [0.3, 0.4) is 0 Å². The minimum atomic E-state index is -0.461. The Morgan fingerprint density at radius 3 is 2.53 bits per heavy atom. The fraction of sp³-hybridized carbons (Fsp3) is 0.333. The van der Waals surface area contributed by atoms with E-state index in [1.807, 2.05) is 18.2 Å². The summed E-state index contributed by atoms with van der Waals surface area (Å²) >= 11 is 0. The van der Waals surface area contributed by atoms with Gasteiger partial charge in [-0.1, -0.05) is 30.3 Å². The summed E-state index contributed by atoms with van der Waals surface area (Å²) in [6, 6.07) is 9.01. The Labute approximate surface area is 88.7 Å². The molecule has 0 saturated carbocycles. The van der Waals surface area contributed by atoms with Crippen LogP contribution in [0.2, 0.25) is 0 Å². The van der Waals surface area contributed by atoms with Crippen LogP contribution in [0.5, 0.6) is 0 Å². The predicted molar refractivity (Wildman–Crippen MR) is 56.5 cm³/mol. The zero-order valence-corrected chi connectivity index (χ0v) is 8.64. The maximum absolute atomic E-state index is 12.0. The lowest BCUT2D eigenvalue weighted by Gasteiger charge is -2.09. The third kappa shape index (κ3) is 1.77. The lowest BCUT2D eigenvalue weighted by Crippen LogP contribution is -2.27. The molecule has 0 N–H and O–H groups in total. The zero-order chi connectivity index (χ0) is 10.8. The first-order valence-electron chi connectivity index (χ1n) is 5.04. The smallest absolute Gasteiger partial charge is 0.233 e. The van der Waals surface area contributed by atoms with Crippen LogP contribution in [0.4, 0.5) is 0 Å². The lowest BCUT2D eigenvalue weighted by atomic mass is 9.96. The molecule has 0 aromatic heterocycles. The highest BCUT2D eigenvalue weighted by molar-refractivity contribution is 6.10. The maximum atomic E-state index is 12.0. The van der Waals surface area contributed by atoms with Gasteiger partial charge in [-0.05, 0) is 6.42 Å². The van der Waals surface area contributed by atoms with Crippen molar-refractivity contribution in [3.05, 3.63) is 35.9 Å². The highest BCUT2D eigenvalue weighted by Crippen LogP contribution is 2.20. The number of hydrogen-bond donors (Lipinski definition) is 0. The molecule has 0 aliphatic carbocycles. The highest BCUT2D eigenvalue weighted by Gasteiger charge is 2.34. The van der Waals surface area contributed by atoms with E-state index in [0.29, 0.717) is 18.5 Å². The largest absolute Gasteiger partial charge is 0.345 e. The molecule has 1 heterocycles. The number of rotatable bonds is 2. The Balaban J connectivity index is 2.20. The van der Waals surface area contributed by atoms with Gasteiger partial charge in [0.15, 0.2) is 5.78 Å². The van der Waals surface area contributed by atoms with Gasteiger partial charge in [0, 0.05) is 19.2 Å². The molecule has 1 atom stereocenters. The molecule has 1 aliphatic heterocycles. The molecule has 1 aromatic rings. The highest BCUT2D eigenvalue weighted by atomic mass is 16.2. The Kier molecular flexibility index (Phi) is 2.54. The fourth-order valence-corrected chi connectivity index (χ4v) is 1.87. The molecule has 0 radical (unpaired) electrons. The van der Waals surface area contributed by atoms with E-state index in [1.165, 1.54) is 0 Å². The van der Waals surface area contributed by atoms with Gasteiger partial charge in [0.05, 0.1) is 0 Å². The van der Waals surface area contributed by atoms with Gasteiger partial charge in [0.25, 0.3) is 0 Å². The molecule has 0 spiro atoms. The quantitative estimate of drug-likeness (QED) is 0.537. The average Bonchev–Trinajstić information content (AvgIpc) is 2.60. The number of Topliss-reactive ketones (excluding diaryl/α,β-unsaturated/α-hetero) is 1. The van der Waals surface area contributed by atoms with Gasteiger partial charge in [-0.15, -0.1) is 0 Å². The van der Waals surface area contributed by atoms with Crippen molar-refractivity contribution in [1.29, 1.82) is 0 Å². The van der Waals surface area contributed by atoms with Gasteiger partial charge in [-0.25, -0.2) is 0 Å². The second-order valence-corrected chi connectivity index (χ2v) is 3.83. The van der Waals surface area contributed by atoms with Crippen molar-refractivity contribution in [1.82, 2.24) is 4.90 Å². The van der Waals surface area contributed by atoms with E-state index >= 15 is 0 Å². The van der Waals surface area contributed by atoms with E-state index in [0.717, 1.165) is 0 Å². The minimum absolute atomic E-state index is 0.0510. The number of ketones is 1. The molecule has 78 valence electrons. The Hall–Kier alpha value is -1.64. The van der Waals surface area contributed by atoms with Crippen molar-refractivity contribution in [3.8, 4) is 0 Å². The van der Waals surface area contributed by atoms with E-state index in [2.05, 4.69) is 0 Å². The van der Waals surface area contributed by atoms with Gasteiger partial charge >= 0.3 is 0 Å². The monoisotopic (exact) mass is 203 g/mol. The molecule has 3 nitrogen and oxygen atoms in total. The van der Waals surface area contributed by atoms with E-state index in [-0.39, 0.29) is 11.7 Å². The van der Waals surface area contributed by atoms with Crippen LogP contribution >= 0.6 is 0 Å². The van der Waals surface area contributed by atoms with Gasteiger partial charge < -0.3 is 4.90 Å². The molecular weight excluding hydrogens is 190 g/mol. The molecular formula is C12H13NO2. The number of carbonyl (C=O) groups excluding carboxylic acids is 2. The van der Waals surface area contributed by atoms with E-state index < -0.39 is 5.92 Å². The van der Waals surface area contributed by atoms with Crippen LogP contribution in [0.15, 0.2) is 30.3 Å². The summed E-state index contributed by atoms with van der Waals surface area (Å²) in [5.74, 6) is -0.564. The standard InChI is InChI=1S/C12H13NO2/c1-13-8-7-10(12(13)15)11(14)9-5-3-2-4-6-9/h2-6,10H,7-8H2,1H3/t10-/m0/s1. The summed E-state index contributed by atoms with van der Waals surface area (Å²) in [5.41, 5.74) is 0.631. The summed E-state index contributed by atoms with van der Waals surface area (Å²) in [5, 5.41) is 0. The summed E-state index contributed by atoms with van der Waals surface area (Å²) in [6.45, 7) is 0.683. The van der Waals surface area contributed by atoms with Crippen molar-refractivity contribution in [3.63, 3.8) is 0 Å². The van der Waals surface area contributed by atoms with Crippen LogP contribution in [0.25, 0.3) is 0 Å². The molecule has 15 heavy (non-hydrogen) atoms. The van der Waals surface area contributed by atoms with Gasteiger partial charge in [-0.2, -0.15) is 0 Å². The predicted octanol–water partition coefficient (Wildman–Crippen LogP) is 1.35. The maximum Gasteiger partial charge on any atom is 0.233 e. The number of hydrogen-bond acceptors (Lipinski definition) is 2. The van der Waals surface area contributed by atoms with Crippen LogP contribution in [-0.2, 0) is 4.79 Å². The Morgan fingerprint density at radius 2 is 2.00 bits per heavy atom. The second-order valence-electron chi connectivity index (χ2n) is 3.83. The van der Waals surface area contributed by atoms with Crippen LogP contribution in [-0.4, -0.2) is 30.2 Å². The van der Waals surface area contributed by atoms with E-state index in [4.69, 9.17) is 0 Å². The normalized spacial score (nSPS) is 20.7.